The van der Waals surface area contributed by atoms with Crippen molar-refractivity contribution in [1.82, 2.24) is 0 Å². The number of hydrogen-bond acceptors (Lipinski definition) is 3. The molecule has 2 aliphatic rings. The summed E-state index contributed by atoms with van der Waals surface area (Å²) in [4.78, 5) is 2.44. The Labute approximate surface area is 108 Å². The third-order valence-corrected chi connectivity index (χ3v) is 4.32. The fourth-order valence-corrected chi connectivity index (χ4v) is 3.03. The van der Waals surface area contributed by atoms with E-state index in [1.807, 2.05) is 12.1 Å². The average Bonchev–Trinajstić information content (AvgIpc) is 3.11. The molecule has 1 heterocycles. The van der Waals surface area contributed by atoms with Crippen molar-refractivity contribution in [2.24, 2.45) is 5.41 Å². The number of nitriles is 1. The summed E-state index contributed by atoms with van der Waals surface area (Å²) >= 11 is 0. The van der Waals surface area contributed by atoms with E-state index < -0.39 is 0 Å². The first kappa shape index (κ1) is 11.4. The number of benzene rings is 1. The Morgan fingerprint density at radius 2 is 2.22 bits per heavy atom. The van der Waals surface area contributed by atoms with E-state index in [1.54, 1.807) is 0 Å². The van der Waals surface area contributed by atoms with E-state index in [4.69, 9.17) is 11.0 Å². The molecule has 0 aromatic heterocycles. The third-order valence-electron chi connectivity index (χ3n) is 4.32. The second kappa shape index (κ2) is 4.20. The van der Waals surface area contributed by atoms with Gasteiger partial charge in [0, 0.05) is 36.3 Å². The molecule has 3 rings (SSSR count). The zero-order chi connectivity index (χ0) is 12.6. The Morgan fingerprint density at radius 3 is 2.94 bits per heavy atom. The third kappa shape index (κ3) is 1.92. The van der Waals surface area contributed by atoms with Crippen molar-refractivity contribution in [1.29, 1.82) is 5.26 Å². The second-order valence-electron chi connectivity index (χ2n) is 5.70. The van der Waals surface area contributed by atoms with Crippen molar-refractivity contribution in [2.45, 2.75) is 32.1 Å². The topological polar surface area (TPSA) is 53.0 Å². The number of nitrogens with two attached hydrogens (primary N) is 1. The molecule has 1 aromatic rings. The first-order valence-electron chi connectivity index (χ1n) is 6.73. The molecular weight excluding hydrogens is 222 g/mol. The molecule has 3 heteroatoms. The highest BCUT2D eigenvalue weighted by molar-refractivity contribution is 5.66. The number of hydrogen-bond donors (Lipinski definition) is 1. The minimum Gasteiger partial charge on any atom is -0.398 e. The van der Waals surface area contributed by atoms with E-state index in [0.29, 0.717) is 6.42 Å². The number of rotatable bonds is 3. The lowest BCUT2D eigenvalue weighted by Crippen LogP contribution is -2.35. The summed E-state index contributed by atoms with van der Waals surface area (Å²) in [6.45, 7) is 2.13. The maximum absolute atomic E-state index is 8.92. The van der Waals surface area contributed by atoms with Crippen LogP contribution in [0, 0.1) is 16.7 Å². The molecule has 0 amide bonds. The van der Waals surface area contributed by atoms with Gasteiger partial charge in [0.1, 0.15) is 0 Å². The van der Waals surface area contributed by atoms with E-state index in [0.717, 1.165) is 25.2 Å². The molecule has 1 saturated carbocycles. The van der Waals surface area contributed by atoms with E-state index in [1.165, 1.54) is 30.5 Å². The maximum Gasteiger partial charge on any atom is 0.0628 e. The van der Waals surface area contributed by atoms with Crippen molar-refractivity contribution in [3.8, 4) is 6.07 Å². The molecular formula is C15H19N3. The van der Waals surface area contributed by atoms with Crippen molar-refractivity contribution in [3.63, 3.8) is 0 Å². The summed E-state index contributed by atoms with van der Waals surface area (Å²) in [6, 6.07) is 8.55. The molecule has 0 saturated heterocycles. The molecule has 2 N–H and O–H groups in total. The largest absolute Gasteiger partial charge is 0.398 e. The average molecular weight is 241 g/mol. The number of nitrogens with zero attached hydrogens (tertiary/aromatic N) is 2. The lowest BCUT2D eigenvalue weighted by Gasteiger charge is -2.34. The summed E-state index contributed by atoms with van der Waals surface area (Å²) in [5.74, 6) is 0. The Morgan fingerprint density at radius 1 is 1.39 bits per heavy atom. The van der Waals surface area contributed by atoms with E-state index in [2.05, 4.69) is 17.0 Å². The zero-order valence-corrected chi connectivity index (χ0v) is 10.7. The predicted octanol–water partition coefficient (Wildman–Crippen LogP) is 2.72. The van der Waals surface area contributed by atoms with Crippen LogP contribution in [-0.4, -0.2) is 13.1 Å². The van der Waals surface area contributed by atoms with Crippen molar-refractivity contribution < 1.29 is 0 Å². The molecule has 3 nitrogen and oxygen atoms in total. The fraction of sp³-hybridized carbons (Fsp3) is 0.533. The normalized spacial score (nSPS) is 20.1. The Kier molecular flexibility index (Phi) is 2.66. The van der Waals surface area contributed by atoms with Gasteiger partial charge in [-0.25, -0.2) is 0 Å². The van der Waals surface area contributed by atoms with Gasteiger partial charge in [-0.1, -0.05) is 6.07 Å². The highest BCUT2D eigenvalue weighted by Crippen LogP contribution is 2.50. The van der Waals surface area contributed by atoms with Gasteiger partial charge in [-0.2, -0.15) is 5.26 Å². The van der Waals surface area contributed by atoms with Gasteiger partial charge in [-0.15, -0.1) is 0 Å². The Balaban J connectivity index is 1.84. The van der Waals surface area contributed by atoms with Crippen LogP contribution in [0.2, 0.25) is 0 Å². The molecule has 1 fully saturated rings. The zero-order valence-electron chi connectivity index (χ0n) is 10.7. The first-order chi connectivity index (χ1) is 8.74. The van der Waals surface area contributed by atoms with E-state index in [-0.39, 0.29) is 5.41 Å². The van der Waals surface area contributed by atoms with Crippen LogP contribution >= 0.6 is 0 Å². The van der Waals surface area contributed by atoms with Gasteiger partial charge >= 0.3 is 0 Å². The minimum absolute atomic E-state index is 0.272. The van der Waals surface area contributed by atoms with Crippen LogP contribution < -0.4 is 10.6 Å². The van der Waals surface area contributed by atoms with Crippen LogP contribution in [0.15, 0.2) is 18.2 Å². The van der Waals surface area contributed by atoms with Gasteiger partial charge in [0.05, 0.1) is 6.07 Å². The standard InChI is InChI=1S/C15H19N3/c16-9-8-15(6-7-15)11-18-10-2-3-12-13(17)4-1-5-14(12)18/h1,4-5H,2-3,6-8,10-11,17H2. The highest BCUT2D eigenvalue weighted by atomic mass is 15.1. The molecule has 1 aliphatic carbocycles. The molecule has 1 aromatic carbocycles. The summed E-state index contributed by atoms with van der Waals surface area (Å²) in [5, 5.41) is 8.92. The molecule has 0 bridgehead atoms. The first-order valence-corrected chi connectivity index (χ1v) is 6.73. The predicted molar refractivity (Wildman–Crippen MR) is 73.3 cm³/mol. The van der Waals surface area contributed by atoms with Crippen LogP contribution in [-0.2, 0) is 6.42 Å². The number of fused-ring (bicyclic) bond motifs is 1. The smallest absolute Gasteiger partial charge is 0.0628 e. The molecule has 18 heavy (non-hydrogen) atoms. The van der Waals surface area contributed by atoms with Crippen LogP contribution in [0.3, 0.4) is 0 Å². The van der Waals surface area contributed by atoms with E-state index >= 15 is 0 Å². The second-order valence-corrected chi connectivity index (χ2v) is 5.70. The van der Waals surface area contributed by atoms with Crippen molar-refractivity contribution >= 4 is 11.4 Å². The number of nitrogen functional groups attached to an aromatic ring is 1. The lowest BCUT2D eigenvalue weighted by molar-refractivity contribution is 0.498. The monoisotopic (exact) mass is 241 g/mol. The van der Waals surface area contributed by atoms with Crippen LogP contribution in [0.25, 0.3) is 0 Å². The van der Waals surface area contributed by atoms with Gasteiger partial charge in [-0.3, -0.25) is 0 Å². The summed E-state index contributed by atoms with van der Waals surface area (Å²) in [5.41, 5.74) is 9.85. The lowest BCUT2D eigenvalue weighted by atomic mass is 9.96. The Bertz CT molecular complexity index is 497. The molecule has 0 radical (unpaired) electrons. The molecule has 0 atom stereocenters. The summed E-state index contributed by atoms with van der Waals surface area (Å²) < 4.78 is 0. The molecule has 94 valence electrons. The van der Waals surface area contributed by atoms with Crippen LogP contribution in [0.4, 0.5) is 11.4 Å². The SMILES string of the molecule is N#CCC1(CN2CCCc3c(N)cccc32)CC1. The van der Waals surface area contributed by atoms with Gasteiger partial charge in [0.25, 0.3) is 0 Å². The maximum atomic E-state index is 8.92. The summed E-state index contributed by atoms with van der Waals surface area (Å²) in [7, 11) is 0. The molecule has 0 spiro atoms. The van der Waals surface area contributed by atoms with Crippen LogP contribution in [0.1, 0.15) is 31.2 Å². The van der Waals surface area contributed by atoms with Gasteiger partial charge in [-0.05, 0) is 43.4 Å². The fourth-order valence-electron chi connectivity index (χ4n) is 3.03. The quantitative estimate of drug-likeness (QED) is 0.828. The number of anilines is 2. The van der Waals surface area contributed by atoms with E-state index in [9.17, 15) is 0 Å². The minimum atomic E-state index is 0.272. The van der Waals surface area contributed by atoms with Crippen molar-refractivity contribution in [2.75, 3.05) is 23.7 Å². The Hall–Kier alpha value is -1.69. The van der Waals surface area contributed by atoms with Gasteiger partial charge in [0.15, 0.2) is 0 Å². The van der Waals surface area contributed by atoms with Crippen LogP contribution in [0.5, 0.6) is 0 Å². The molecule has 1 aliphatic heterocycles. The van der Waals surface area contributed by atoms with Gasteiger partial charge < -0.3 is 10.6 Å². The highest BCUT2D eigenvalue weighted by Gasteiger charge is 2.44. The summed E-state index contributed by atoms with van der Waals surface area (Å²) in [6.07, 6.45) is 5.36. The van der Waals surface area contributed by atoms with Crippen molar-refractivity contribution in [3.05, 3.63) is 23.8 Å². The van der Waals surface area contributed by atoms with Gasteiger partial charge in [0.2, 0.25) is 0 Å². The molecule has 0 unspecified atom stereocenters.